The van der Waals surface area contributed by atoms with Crippen molar-refractivity contribution in [1.82, 2.24) is 0 Å². The molecule has 0 bridgehead atoms. The molecule has 0 radical (unpaired) electrons. The molecule has 1 aromatic carbocycles. The summed E-state index contributed by atoms with van der Waals surface area (Å²) in [5.41, 5.74) is 0.450. The Kier molecular flexibility index (Phi) is 7.23. The number of carbonyl (C=O) groups is 1. The lowest BCUT2D eigenvalue weighted by Crippen LogP contribution is -2.42. The molecule has 25 heavy (non-hydrogen) atoms. The topological polar surface area (TPSA) is 124 Å². The molecule has 0 aromatic heterocycles. The summed E-state index contributed by atoms with van der Waals surface area (Å²) in [4.78, 5) is 13.5. The van der Waals surface area contributed by atoms with Crippen LogP contribution >= 0.6 is 0 Å². The van der Waals surface area contributed by atoms with E-state index < -0.39 is 27.4 Å². The second kappa shape index (κ2) is 8.52. The molecule has 3 N–H and O–H groups in total. The number of halogens is 2. The molecule has 0 spiro atoms. The maximum absolute atomic E-state index is 13.4. The van der Waals surface area contributed by atoms with E-state index in [1.54, 1.807) is 4.90 Å². The maximum Gasteiger partial charge on any atom is 0.405 e. The van der Waals surface area contributed by atoms with Gasteiger partial charge in [0, 0.05) is 18.8 Å². The normalized spacial score (nSPS) is 13.4. The lowest BCUT2D eigenvalue weighted by molar-refractivity contribution is -0.0549. The average Bonchev–Trinajstić information content (AvgIpc) is 2.53. The van der Waals surface area contributed by atoms with Crippen molar-refractivity contribution < 1.29 is 41.5 Å². The molecule has 0 fully saturated rings. The van der Waals surface area contributed by atoms with Crippen LogP contribution in [0.25, 0.3) is 0 Å². The van der Waals surface area contributed by atoms with Gasteiger partial charge in [-0.05, 0) is 31.2 Å². The zero-order chi connectivity index (χ0) is 19.3. The predicted octanol–water partition coefficient (Wildman–Crippen LogP) is 0.503. The summed E-state index contributed by atoms with van der Waals surface area (Å²) in [5, 5.41) is 13.3. The van der Waals surface area contributed by atoms with Crippen molar-refractivity contribution in [2.24, 2.45) is 0 Å². The third-order valence-corrected chi connectivity index (χ3v) is 4.33. The maximum atomic E-state index is 13.4. The molecular formula is C14H19F2NO7S. The van der Waals surface area contributed by atoms with E-state index in [2.05, 4.69) is 4.74 Å². The standard InChI is InChI=1S/C14H19F2NO7S/c1-10(14(15,16)25(21,22)23)24-13(20)11-2-4-12(5-3-11)17(6-8-18)7-9-19/h2-5,10,18-19H,6-9H2,1H3,(H,21,22,23). The second-order valence-electron chi connectivity index (χ2n) is 5.07. The van der Waals surface area contributed by atoms with Gasteiger partial charge in [0.2, 0.25) is 0 Å². The SMILES string of the molecule is CC(OC(=O)c1ccc(N(CCO)CCO)cc1)C(F)(F)S(=O)(=O)O. The molecular weight excluding hydrogens is 364 g/mol. The minimum atomic E-state index is -5.72. The molecule has 0 saturated carbocycles. The summed E-state index contributed by atoms with van der Waals surface area (Å²) in [6.45, 7) is 0.798. The molecule has 1 rings (SSSR count). The summed E-state index contributed by atoms with van der Waals surface area (Å²) in [6.07, 6.45) is -2.39. The fourth-order valence-corrected chi connectivity index (χ4v) is 2.39. The largest absolute Gasteiger partial charge is 0.451 e. The van der Waals surface area contributed by atoms with Crippen molar-refractivity contribution in [2.45, 2.75) is 18.3 Å². The molecule has 0 aliphatic heterocycles. The third-order valence-electron chi connectivity index (χ3n) is 3.31. The highest BCUT2D eigenvalue weighted by Gasteiger charge is 2.52. The molecule has 0 saturated heterocycles. The minimum Gasteiger partial charge on any atom is -0.451 e. The summed E-state index contributed by atoms with van der Waals surface area (Å²) in [7, 11) is -5.72. The number of esters is 1. The minimum absolute atomic E-state index is 0.116. The molecule has 1 aromatic rings. The van der Waals surface area contributed by atoms with E-state index in [4.69, 9.17) is 14.8 Å². The zero-order valence-corrected chi connectivity index (χ0v) is 14.1. The van der Waals surface area contributed by atoms with E-state index in [1.165, 1.54) is 24.3 Å². The number of anilines is 1. The van der Waals surface area contributed by atoms with Gasteiger partial charge in [0.25, 0.3) is 0 Å². The Hall–Kier alpha value is -1.82. The number of hydrogen-bond acceptors (Lipinski definition) is 7. The molecule has 0 aliphatic rings. The number of ether oxygens (including phenoxy) is 1. The Morgan fingerprint density at radius 1 is 1.20 bits per heavy atom. The molecule has 0 heterocycles. The van der Waals surface area contributed by atoms with Gasteiger partial charge in [0.1, 0.15) is 0 Å². The van der Waals surface area contributed by atoms with Crippen LogP contribution in [0.1, 0.15) is 17.3 Å². The Morgan fingerprint density at radius 2 is 1.68 bits per heavy atom. The lowest BCUT2D eigenvalue weighted by Gasteiger charge is -2.23. The van der Waals surface area contributed by atoms with Gasteiger partial charge < -0.3 is 19.8 Å². The number of nitrogens with zero attached hydrogens (tertiary/aromatic N) is 1. The van der Waals surface area contributed by atoms with E-state index in [0.29, 0.717) is 12.6 Å². The molecule has 1 atom stereocenters. The lowest BCUT2D eigenvalue weighted by atomic mass is 10.2. The molecule has 11 heteroatoms. The summed E-state index contributed by atoms with van der Waals surface area (Å²) >= 11 is 0. The highest BCUT2D eigenvalue weighted by Crippen LogP contribution is 2.28. The van der Waals surface area contributed by atoms with Gasteiger partial charge in [-0.15, -0.1) is 0 Å². The van der Waals surface area contributed by atoms with E-state index in [9.17, 15) is 22.0 Å². The van der Waals surface area contributed by atoms with Gasteiger partial charge >= 0.3 is 21.3 Å². The zero-order valence-electron chi connectivity index (χ0n) is 13.3. The van der Waals surface area contributed by atoms with Gasteiger partial charge in [-0.25, -0.2) is 4.79 Å². The average molecular weight is 383 g/mol. The first kappa shape index (κ1) is 21.2. The van der Waals surface area contributed by atoms with Crippen LogP contribution < -0.4 is 4.90 Å². The van der Waals surface area contributed by atoms with Crippen LogP contribution in [-0.4, -0.2) is 66.8 Å². The van der Waals surface area contributed by atoms with Crippen LogP contribution in [0.3, 0.4) is 0 Å². The number of aliphatic hydroxyl groups excluding tert-OH is 2. The molecule has 0 amide bonds. The Balaban J connectivity index is 2.87. The number of alkyl halides is 2. The van der Waals surface area contributed by atoms with E-state index in [-0.39, 0.29) is 31.9 Å². The van der Waals surface area contributed by atoms with E-state index in [1.807, 2.05) is 0 Å². The molecule has 8 nitrogen and oxygen atoms in total. The molecule has 1 unspecified atom stereocenters. The Morgan fingerprint density at radius 3 is 2.08 bits per heavy atom. The summed E-state index contributed by atoms with van der Waals surface area (Å²) < 4.78 is 60.9. The van der Waals surface area contributed by atoms with Crippen molar-refractivity contribution in [1.29, 1.82) is 0 Å². The van der Waals surface area contributed by atoms with Gasteiger partial charge in [-0.3, -0.25) is 4.55 Å². The van der Waals surface area contributed by atoms with E-state index in [0.717, 1.165) is 0 Å². The monoisotopic (exact) mass is 383 g/mol. The quantitative estimate of drug-likeness (QED) is 0.416. The predicted molar refractivity (Wildman–Crippen MR) is 84.2 cm³/mol. The van der Waals surface area contributed by atoms with Crippen LogP contribution in [0.5, 0.6) is 0 Å². The highest BCUT2D eigenvalue weighted by molar-refractivity contribution is 7.86. The smallest absolute Gasteiger partial charge is 0.405 e. The second-order valence-corrected chi connectivity index (χ2v) is 6.56. The first-order valence-corrected chi connectivity index (χ1v) is 8.61. The van der Waals surface area contributed by atoms with Crippen LogP contribution in [0.4, 0.5) is 14.5 Å². The van der Waals surface area contributed by atoms with Gasteiger partial charge in [-0.1, -0.05) is 0 Å². The van der Waals surface area contributed by atoms with Crippen molar-refractivity contribution in [3.05, 3.63) is 29.8 Å². The third kappa shape index (κ3) is 5.33. The number of hydrogen-bond donors (Lipinski definition) is 3. The number of aliphatic hydroxyl groups is 2. The van der Waals surface area contributed by atoms with Crippen LogP contribution in [-0.2, 0) is 14.9 Å². The Bertz CT molecular complexity index is 673. The number of carbonyl (C=O) groups excluding carboxylic acids is 1. The fourth-order valence-electron chi connectivity index (χ4n) is 1.93. The first-order chi connectivity index (χ1) is 11.5. The van der Waals surface area contributed by atoms with Crippen LogP contribution in [0.15, 0.2) is 24.3 Å². The van der Waals surface area contributed by atoms with Gasteiger partial charge in [-0.2, -0.15) is 17.2 Å². The summed E-state index contributed by atoms with van der Waals surface area (Å²) in [5.74, 6) is -1.20. The van der Waals surface area contributed by atoms with Gasteiger partial charge in [0.05, 0.1) is 18.8 Å². The fraction of sp³-hybridized carbons (Fsp3) is 0.500. The van der Waals surface area contributed by atoms with Crippen molar-refractivity contribution >= 4 is 21.8 Å². The van der Waals surface area contributed by atoms with E-state index >= 15 is 0 Å². The highest BCUT2D eigenvalue weighted by atomic mass is 32.2. The van der Waals surface area contributed by atoms with Crippen molar-refractivity contribution in [3.63, 3.8) is 0 Å². The summed E-state index contributed by atoms with van der Waals surface area (Å²) in [6, 6.07) is 5.43. The van der Waals surface area contributed by atoms with Crippen LogP contribution in [0, 0.1) is 0 Å². The number of rotatable bonds is 9. The van der Waals surface area contributed by atoms with Crippen LogP contribution in [0.2, 0.25) is 0 Å². The van der Waals surface area contributed by atoms with Gasteiger partial charge in [0.15, 0.2) is 6.10 Å². The number of benzene rings is 1. The molecule has 0 aliphatic carbocycles. The Labute approximate surface area is 143 Å². The first-order valence-electron chi connectivity index (χ1n) is 7.17. The van der Waals surface area contributed by atoms with Crippen molar-refractivity contribution in [2.75, 3.05) is 31.2 Å². The van der Waals surface area contributed by atoms with Crippen molar-refractivity contribution in [3.8, 4) is 0 Å². The molecule has 142 valence electrons.